The van der Waals surface area contributed by atoms with Crippen molar-refractivity contribution in [3.63, 3.8) is 0 Å². The van der Waals surface area contributed by atoms with Gasteiger partial charge in [-0.3, -0.25) is 24.2 Å². The van der Waals surface area contributed by atoms with Crippen LogP contribution in [-0.4, -0.2) is 47.7 Å². The highest BCUT2D eigenvalue weighted by Crippen LogP contribution is 2.29. The molecule has 4 heterocycles. The van der Waals surface area contributed by atoms with E-state index in [2.05, 4.69) is 20.4 Å². The molecule has 0 unspecified atom stereocenters. The van der Waals surface area contributed by atoms with Crippen molar-refractivity contribution in [2.75, 3.05) is 11.9 Å². The van der Waals surface area contributed by atoms with Crippen LogP contribution in [0.15, 0.2) is 55.4 Å². The zero-order chi connectivity index (χ0) is 25.4. The first-order valence-electron chi connectivity index (χ1n) is 10.5. The number of amides is 1. The third kappa shape index (κ3) is 4.92. The van der Waals surface area contributed by atoms with Crippen molar-refractivity contribution in [3.05, 3.63) is 72.2 Å². The molecule has 4 aromatic heterocycles. The lowest BCUT2D eigenvalue weighted by atomic mass is 10.0. The van der Waals surface area contributed by atoms with E-state index in [1.165, 1.54) is 18.5 Å². The summed E-state index contributed by atoms with van der Waals surface area (Å²) >= 11 is 0. The molecule has 0 saturated heterocycles. The van der Waals surface area contributed by atoms with Gasteiger partial charge in [0.25, 0.3) is 0 Å². The van der Waals surface area contributed by atoms with Crippen LogP contribution in [0.3, 0.4) is 0 Å². The Balaban J connectivity index is 1.57. The normalized spacial score (nSPS) is 12.2. The monoisotopic (exact) mass is 486 g/mol. The van der Waals surface area contributed by atoms with E-state index in [1.807, 2.05) is 13.8 Å². The summed E-state index contributed by atoms with van der Waals surface area (Å²) < 4.78 is 40.8. The van der Waals surface area contributed by atoms with Crippen molar-refractivity contribution < 1.29 is 27.9 Å². The predicted octanol–water partition coefficient (Wildman–Crippen LogP) is 3.24. The lowest BCUT2D eigenvalue weighted by Gasteiger charge is -2.25. The maximum Gasteiger partial charge on any atom is 0.435 e. The molecule has 0 aliphatic heterocycles. The number of aliphatic hydroxyl groups is 1. The van der Waals surface area contributed by atoms with Crippen molar-refractivity contribution in [3.8, 4) is 0 Å². The molecule has 1 amide bonds. The van der Waals surface area contributed by atoms with Crippen LogP contribution in [0.25, 0.3) is 10.9 Å². The van der Waals surface area contributed by atoms with Gasteiger partial charge in [0.2, 0.25) is 5.91 Å². The standard InChI is InChI=1S/C23H21F3N6O3/c1-22(2,13-33)32-11-17(16-10-27-5-3-18(16)32)21(35)14-7-15(9-28-8-14)29-20(34)12-31-6-4-19(30-31)23(24,25)26/h3-11,33H,12-13H2,1-2H3,(H,29,34). The SMILES string of the molecule is CC(C)(CO)n1cc(C(=O)c2cncc(NC(=O)Cn3ccc(C(F)(F)F)n3)c2)c2cnccc21. The molecule has 4 rings (SSSR count). The Labute approximate surface area is 197 Å². The van der Waals surface area contributed by atoms with Gasteiger partial charge in [-0.15, -0.1) is 0 Å². The van der Waals surface area contributed by atoms with E-state index in [0.29, 0.717) is 10.9 Å². The third-order valence-electron chi connectivity index (χ3n) is 5.41. The minimum absolute atomic E-state index is 0.156. The van der Waals surface area contributed by atoms with Gasteiger partial charge in [0.05, 0.1) is 29.5 Å². The fraction of sp³-hybridized carbons (Fsp3) is 0.261. The molecule has 0 bridgehead atoms. The number of aliphatic hydroxyl groups excluding tert-OH is 1. The summed E-state index contributed by atoms with van der Waals surface area (Å²) in [5, 5.41) is 16.3. The number of anilines is 1. The number of rotatable bonds is 7. The van der Waals surface area contributed by atoms with Gasteiger partial charge >= 0.3 is 6.18 Å². The molecule has 9 nitrogen and oxygen atoms in total. The fourth-order valence-corrected chi connectivity index (χ4v) is 3.57. The molecule has 0 radical (unpaired) electrons. The number of halogens is 3. The molecule has 0 aromatic carbocycles. The lowest BCUT2D eigenvalue weighted by molar-refractivity contribution is -0.141. The van der Waals surface area contributed by atoms with Crippen molar-refractivity contribution in [1.29, 1.82) is 0 Å². The van der Waals surface area contributed by atoms with Crippen LogP contribution in [0.5, 0.6) is 0 Å². The van der Waals surface area contributed by atoms with Gasteiger partial charge < -0.3 is 15.0 Å². The Morgan fingerprint density at radius 3 is 2.57 bits per heavy atom. The van der Waals surface area contributed by atoms with Crippen LogP contribution in [0.1, 0.15) is 35.5 Å². The number of fused-ring (bicyclic) bond motifs is 1. The Bertz CT molecular complexity index is 1410. The molecule has 4 aromatic rings. The summed E-state index contributed by atoms with van der Waals surface area (Å²) in [6.07, 6.45) is 3.91. The van der Waals surface area contributed by atoms with E-state index in [9.17, 15) is 27.9 Å². The maximum absolute atomic E-state index is 13.3. The van der Waals surface area contributed by atoms with E-state index in [4.69, 9.17) is 0 Å². The van der Waals surface area contributed by atoms with E-state index < -0.39 is 29.9 Å². The molecule has 0 spiro atoms. The number of nitrogens with one attached hydrogen (secondary N) is 1. The number of pyridine rings is 2. The Kier molecular flexibility index (Phi) is 6.15. The van der Waals surface area contributed by atoms with Crippen LogP contribution in [0.4, 0.5) is 18.9 Å². The summed E-state index contributed by atoms with van der Waals surface area (Å²) in [5.74, 6) is -1.01. The fourth-order valence-electron chi connectivity index (χ4n) is 3.57. The minimum atomic E-state index is -4.61. The van der Waals surface area contributed by atoms with Crippen LogP contribution in [0, 0.1) is 0 Å². The highest BCUT2D eigenvalue weighted by atomic mass is 19.4. The summed E-state index contributed by atoms with van der Waals surface area (Å²) in [6.45, 7) is 3.05. The maximum atomic E-state index is 13.3. The van der Waals surface area contributed by atoms with Crippen molar-refractivity contribution in [2.45, 2.75) is 32.1 Å². The third-order valence-corrected chi connectivity index (χ3v) is 5.41. The van der Waals surface area contributed by atoms with Crippen molar-refractivity contribution in [1.82, 2.24) is 24.3 Å². The number of carbonyl (C=O) groups excluding carboxylic acids is 2. The quantitative estimate of drug-likeness (QED) is 0.388. The van der Waals surface area contributed by atoms with Crippen LogP contribution in [-0.2, 0) is 23.1 Å². The molecule has 0 aliphatic rings. The summed E-state index contributed by atoms with van der Waals surface area (Å²) in [7, 11) is 0. The molecular weight excluding hydrogens is 465 g/mol. The van der Waals surface area contributed by atoms with Gasteiger partial charge in [-0.05, 0) is 32.0 Å². The van der Waals surface area contributed by atoms with Crippen molar-refractivity contribution in [2.24, 2.45) is 0 Å². The molecule has 35 heavy (non-hydrogen) atoms. The van der Waals surface area contributed by atoms with Crippen molar-refractivity contribution >= 4 is 28.3 Å². The second kappa shape index (κ2) is 8.95. The van der Waals surface area contributed by atoms with E-state index in [-0.39, 0.29) is 23.6 Å². The summed E-state index contributed by atoms with van der Waals surface area (Å²) in [4.78, 5) is 33.8. The predicted molar refractivity (Wildman–Crippen MR) is 120 cm³/mol. The smallest absolute Gasteiger partial charge is 0.394 e. The van der Waals surface area contributed by atoms with Crippen LogP contribution < -0.4 is 5.32 Å². The van der Waals surface area contributed by atoms with Gasteiger partial charge in [0.1, 0.15) is 6.54 Å². The number of alkyl halides is 3. The molecule has 0 saturated carbocycles. The zero-order valence-electron chi connectivity index (χ0n) is 18.7. The summed E-state index contributed by atoms with van der Waals surface area (Å²) in [6, 6.07) is 3.95. The number of carbonyl (C=O) groups is 2. The second-order valence-electron chi connectivity index (χ2n) is 8.51. The number of nitrogens with zero attached hydrogens (tertiary/aromatic N) is 5. The van der Waals surface area contributed by atoms with Gasteiger partial charge in [-0.2, -0.15) is 18.3 Å². The molecular formula is C23H21F3N6O3. The first-order valence-corrected chi connectivity index (χ1v) is 10.5. The highest BCUT2D eigenvalue weighted by Gasteiger charge is 2.33. The number of hydrogen-bond donors (Lipinski definition) is 2. The Morgan fingerprint density at radius 2 is 1.89 bits per heavy atom. The van der Waals surface area contributed by atoms with Gasteiger partial charge in [0, 0.05) is 47.5 Å². The lowest BCUT2D eigenvalue weighted by Crippen LogP contribution is -2.29. The minimum Gasteiger partial charge on any atom is -0.394 e. The first-order chi connectivity index (χ1) is 16.5. The van der Waals surface area contributed by atoms with E-state index >= 15 is 0 Å². The zero-order valence-corrected chi connectivity index (χ0v) is 18.7. The average Bonchev–Trinajstić information content (AvgIpc) is 3.44. The van der Waals surface area contributed by atoms with E-state index in [0.717, 1.165) is 22.5 Å². The second-order valence-corrected chi connectivity index (χ2v) is 8.51. The van der Waals surface area contributed by atoms with Crippen LogP contribution in [0.2, 0.25) is 0 Å². The number of aromatic nitrogens is 5. The van der Waals surface area contributed by atoms with Crippen LogP contribution >= 0.6 is 0 Å². The molecule has 0 fully saturated rings. The Hall–Kier alpha value is -4.06. The molecule has 182 valence electrons. The Morgan fingerprint density at radius 1 is 1.11 bits per heavy atom. The molecule has 0 atom stereocenters. The van der Waals surface area contributed by atoms with Gasteiger partial charge in [-0.1, -0.05) is 0 Å². The number of ketones is 1. The largest absolute Gasteiger partial charge is 0.435 e. The molecule has 0 aliphatic carbocycles. The number of hydrogen-bond acceptors (Lipinski definition) is 6. The van der Waals surface area contributed by atoms with E-state index in [1.54, 1.807) is 29.2 Å². The van der Waals surface area contributed by atoms with Gasteiger partial charge in [-0.25, -0.2) is 0 Å². The van der Waals surface area contributed by atoms with Gasteiger partial charge in [0.15, 0.2) is 11.5 Å². The first kappa shape index (κ1) is 24.1. The highest BCUT2D eigenvalue weighted by molar-refractivity contribution is 6.16. The summed E-state index contributed by atoms with van der Waals surface area (Å²) in [5.41, 5.74) is -0.330. The molecule has 12 heteroatoms. The topological polar surface area (TPSA) is 115 Å². The molecule has 2 N–H and O–H groups in total. The average molecular weight is 486 g/mol.